The van der Waals surface area contributed by atoms with Gasteiger partial charge in [-0.2, -0.15) is 0 Å². The lowest BCUT2D eigenvalue weighted by Crippen LogP contribution is -2.22. The summed E-state index contributed by atoms with van der Waals surface area (Å²) in [6.45, 7) is 3.99. The van der Waals surface area contributed by atoms with E-state index in [-0.39, 0.29) is 5.41 Å². The van der Waals surface area contributed by atoms with E-state index in [2.05, 4.69) is 15.9 Å². The summed E-state index contributed by atoms with van der Waals surface area (Å²) in [5, 5.41) is 0. The molecule has 0 aromatic heterocycles. The minimum atomic E-state index is -0.333. The van der Waals surface area contributed by atoms with Gasteiger partial charge in [0.05, 0.1) is 0 Å². The second kappa shape index (κ2) is 4.05. The molecule has 1 nitrogen and oxygen atoms in total. The summed E-state index contributed by atoms with van der Waals surface area (Å²) in [7, 11) is 0. The predicted molar refractivity (Wildman–Crippen MR) is 57.8 cm³/mol. The first-order chi connectivity index (χ1) is 6.12. The molecule has 0 aliphatic carbocycles. The van der Waals surface area contributed by atoms with Crippen LogP contribution in [0.5, 0.6) is 0 Å². The van der Waals surface area contributed by atoms with Gasteiger partial charge in [0.15, 0.2) is 0 Å². The molecule has 1 aromatic carbocycles. The Morgan fingerprint density at radius 2 is 1.92 bits per heavy atom. The van der Waals surface area contributed by atoms with Gasteiger partial charge in [-0.1, -0.05) is 35.0 Å². The summed E-state index contributed by atoms with van der Waals surface area (Å²) in [5.74, 6) is 0. The van der Waals surface area contributed by atoms with E-state index in [1.807, 2.05) is 38.1 Å². The highest BCUT2D eigenvalue weighted by Gasteiger charge is 2.23. The molecule has 0 saturated heterocycles. The van der Waals surface area contributed by atoms with Gasteiger partial charge in [-0.25, -0.2) is 0 Å². The zero-order valence-electron chi connectivity index (χ0n) is 7.88. The molecule has 70 valence electrons. The summed E-state index contributed by atoms with van der Waals surface area (Å²) < 4.78 is 1.04. The molecule has 0 N–H and O–H groups in total. The number of benzene rings is 1. The van der Waals surface area contributed by atoms with Crippen molar-refractivity contribution in [2.24, 2.45) is 0 Å². The lowest BCUT2D eigenvalue weighted by Gasteiger charge is -2.21. The van der Waals surface area contributed by atoms with Crippen LogP contribution in [-0.4, -0.2) is 6.29 Å². The van der Waals surface area contributed by atoms with E-state index in [1.54, 1.807) is 0 Å². The van der Waals surface area contributed by atoms with Gasteiger partial charge in [-0.3, -0.25) is 0 Å². The summed E-state index contributed by atoms with van der Waals surface area (Å²) >= 11 is 3.37. The first-order valence-corrected chi connectivity index (χ1v) is 5.14. The van der Waals surface area contributed by atoms with Gasteiger partial charge in [-0.05, 0) is 31.0 Å². The Morgan fingerprint density at radius 3 is 2.31 bits per heavy atom. The number of carbonyl (C=O) groups excluding carboxylic acids is 1. The van der Waals surface area contributed by atoms with E-state index in [4.69, 9.17) is 0 Å². The van der Waals surface area contributed by atoms with Gasteiger partial charge < -0.3 is 4.79 Å². The molecule has 2 heteroatoms. The van der Waals surface area contributed by atoms with Crippen molar-refractivity contribution in [1.29, 1.82) is 0 Å². The summed E-state index contributed by atoms with van der Waals surface area (Å²) in [6, 6.07) is 7.91. The lowest BCUT2D eigenvalue weighted by atomic mass is 9.82. The molecule has 13 heavy (non-hydrogen) atoms. The van der Waals surface area contributed by atoms with Crippen LogP contribution in [0.25, 0.3) is 0 Å². The molecular weight excluding hydrogens is 228 g/mol. The molecule has 0 saturated carbocycles. The predicted octanol–water partition coefficient (Wildman–Crippen LogP) is 3.32. The fourth-order valence-electron chi connectivity index (χ4n) is 1.19. The zero-order valence-corrected chi connectivity index (χ0v) is 9.47. The van der Waals surface area contributed by atoms with Crippen LogP contribution >= 0.6 is 15.9 Å². The van der Waals surface area contributed by atoms with E-state index in [0.717, 1.165) is 22.7 Å². The van der Waals surface area contributed by atoms with Crippen LogP contribution in [-0.2, 0) is 10.2 Å². The van der Waals surface area contributed by atoms with Crippen molar-refractivity contribution in [2.75, 3.05) is 0 Å². The third kappa shape index (κ3) is 2.19. The van der Waals surface area contributed by atoms with Crippen molar-refractivity contribution in [3.8, 4) is 0 Å². The number of halogens is 1. The Labute approximate surface area is 87.3 Å². The SMILES string of the molecule is CCC(C)(C=O)c1ccc(Br)cc1. The maximum absolute atomic E-state index is 10.9. The van der Waals surface area contributed by atoms with Crippen LogP contribution in [0.4, 0.5) is 0 Å². The monoisotopic (exact) mass is 240 g/mol. The highest BCUT2D eigenvalue weighted by atomic mass is 79.9. The molecule has 0 aliphatic heterocycles. The molecule has 0 heterocycles. The number of rotatable bonds is 3. The topological polar surface area (TPSA) is 17.1 Å². The van der Waals surface area contributed by atoms with Crippen LogP contribution in [0.2, 0.25) is 0 Å². The standard InChI is InChI=1S/C11H13BrO/c1-3-11(2,8-13)9-4-6-10(12)7-5-9/h4-8H,3H2,1-2H3. The summed E-state index contributed by atoms with van der Waals surface area (Å²) in [6.07, 6.45) is 1.86. The first kappa shape index (κ1) is 10.5. The van der Waals surface area contributed by atoms with E-state index in [9.17, 15) is 4.79 Å². The van der Waals surface area contributed by atoms with Gasteiger partial charge >= 0.3 is 0 Å². The lowest BCUT2D eigenvalue weighted by molar-refractivity contribution is -0.112. The average molecular weight is 241 g/mol. The largest absolute Gasteiger partial charge is 0.302 e. The van der Waals surface area contributed by atoms with Crippen molar-refractivity contribution < 1.29 is 4.79 Å². The number of hydrogen-bond donors (Lipinski definition) is 0. The number of aldehydes is 1. The minimum absolute atomic E-state index is 0.333. The quantitative estimate of drug-likeness (QED) is 0.742. The number of hydrogen-bond acceptors (Lipinski definition) is 1. The minimum Gasteiger partial charge on any atom is -0.302 e. The van der Waals surface area contributed by atoms with E-state index >= 15 is 0 Å². The molecular formula is C11H13BrO. The van der Waals surface area contributed by atoms with Crippen molar-refractivity contribution in [2.45, 2.75) is 25.7 Å². The van der Waals surface area contributed by atoms with Crippen LogP contribution in [0.1, 0.15) is 25.8 Å². The molecule has 1 rings (SSSR count). The maximum Gasteiger partial charge on any atom is 0.130 e. The summed E-state index contributed by atoms with van der Waals surface area (Å²) in [5.41, 5.74) is 0.744. The van der Waals surface area contributed by atoms with Gasteiger partial charge in [0.2, 0.25) is 0 Å². The zero-order chi connectivity index (χ0) is 9.90. The third-order valence-corrected chi connectivity index (χ3v) is 3.03. The first-order valence-electron chi connectivity index (χ1n) is 4.35. The molecule has 1 aromatic rings. The van der Waals surface area contributed by atoms with Crippen molar-refractivity contribution in [3.05, 3.63) is 34.3 Å². The molecule has 0 radical (unpaired) electrons. The number of carbonyl (C=O) groups is 1. The molecule has 0 bridgehead atoms. The van der Waals surface area contributed by atoms with Crippen LogP contribution in [0, 0.1) is 0 Å². The Kier molecular flexibility index (Phi) is 3.26. The van der Waals surface area contributed by atoms with E-state index in [0.29, 0.717) is 0 Å². The van der Waals surface area contributed by atoms with Crippen molar-refractivity contribution in [1.82, 2.24) is 0 Å². The fourth-order valence-corrected chi connectivity index (χ4v) is 1.45. The summed E-state index contributed by atoms with van der Waals surface area (Å²) in [4.78, 5) is 10.9. The highest BCUT2D eigenvalue weighted by Crippen LogP contribution is 2.26. The molecule has 0 aliphatic rings. The smallest absolute Gasteiger partial charge is 0.130 e. The molecule has 1 atom stereocenters. The van der Waals surface area contributed by atoms with Gasteiger partial charge in [-0.15, -0.1) is 0 Å². The van der Waals surface area contributed by atoms with Gasteiger partial charge in [0, 0.05) is 9.89 Å². The van der Waals surface area contributed by atoms with Crippen LogP contribution in [0.15, 0.2) is 28.7 Å². The molecule has 0 spiro atoms. The van der Waals surface area contributed by atoms with Gasteiger partial charge in [0.1, 0.15) is 6.29 Å². The third-order valence-electron chi connectivity index (χ3n) is 2.50. The normalized spacial score (nSPS) is 15.0. The van der Waals surface area contributed by atoms with Gasteiger partial charge in [0.25, 0.3) is 0 Å². The Bertz CT molecular complexity index is 291. The van der Waals surface area contributed by atoms with Crippen molar-refractivity contribution in [3.63, 3.8) is 0 Å². The molecule has 0 amide bonds. The Hall–Kier alpha value is -0.630. The second-order valence-electron chi connectivity index (χ2n) is 3.40. The second-order valence-corrected chi connectivity index (χ2v) is 4.31. The Balaban J connectivity index is 3.06. The van der Waals surface area contributed by atoms with E-state index < -0.39 is 0 Å². The average Bonchev–Trinajstić information content (AvgIpc) is 2.18. The van der Waals surface area contributed by atoms with Crippen LogP contribution < -0.4 is 0 Å². The van der Waals surface area contributed by atoms with Crippen LogP contribution in [0.3, 0.4) is 0 Å². The fraction of sp³-hybridized carbons (Fsp3) is 0.364. The van der Waals surface area contributed by atoms with E-state index in [1.165, 1.54) is 0 Å². The van der Waals surface area contributed by atoms with Crippen molar-refractivity contribution >= 4 is 22.2 Å². The highest BCUT2D eigenvalue weighted by molar-refractivity contribution is 9.10. The maximum atomic E-state index is 10.9. The molecule has 0 fully saturated rings. The molecule has 1 unspecified atom stereocenters. The Morgan fingerprint density at radius 1 is 1.38 bits per heavy atom.